The zero-order valence-electron chi connectivity index (χ0n) is 19.6. The lowest BCUT2D eigenvalue weighted by molar-refractivity contribution is -0.120. The van der Waals surface area contributed by atoms with Gasteiger partial charge >= 0.3 is 0 Å². The Bertz CT molecular complexity index is 874. The van der Waals surface area contributed by atoms with Crippen LogP contribution in [-0.4, -0.2) is 32.0 Å². The third-order valence-electron chi connectivity index (χ3n) is 5.77. The van der Waals surface area contributed by atoms with E-state index in [1.165, 1.54) is 30.2 Å². The first-order valence-corrected chi connectivity index (χ1v) is 12.3. The zero-order chi connectivity index (χ0) is 22.5. The predicted molar refractivity (Wildman–Crippen MR) is 126 cm³/mol. The van der Waals surface area contributed by atoms with E-state index in [1.54, 1.807) is 0 Å². The third kappa shape index (κ3) is 5.82. The molecular weight excluding hydrogens is 408 g/mol. The highest BCUT2D eigenvalue weighted by Crippen LogP contribution is 2.32. The minimum atomic E-state index is -0.258. The van der Waals surface area contributed by atoms with Crippen molar-refractivity contribution in [1.29, 1.82) is 0 Å². The minimum Gasteiger partial charge on any atom is -0.482 e. The lowest BCUT2D eigenvalue weighted by Gasteiger charge is -2.22. The molecule has 0 spiro atoms. The average molecular weight is 445 g/mol. The van der Waals surface area contributed by atoms with Crippen LogP contribution in [0, 0.1) is 0 Å². The van der Waals surface area contributed by atoms with Gasteiger partial charge in [-0.2, -0.15) is 0 Å². The number of ether oxygens (including phenoxy) is 1. The fourth-order valence-electron chi connectivity index (χ4n) is 4.04. The molecule has 1 fully saturated rings. The van der Waals surface area contributed by atoms with Crippen molar-refractivity contribution >= 4 is 17.7 Å². The second kappa shape index (κ2) is 10.5. The van der Waals surface area contributed by atoms with E-state index in [9.17, 15) is 4.79 Å². The Morgan fingerprint density at radius 1 is 1.10 bits per heavy atom. The van der Waals surface area contributed by atoms with E-state index in [-0.39, 0.29) is 23.3 Å². The molecule has 1 aliphatic carbocycles. The van der Waals surface area contributed by atoms with Gasteiger partial charge < -0.3 is 14.6 Å². The maximum atomic E-state index is 12.7. The molecule has 1 saturated carbocycles. The number of para-hydroxylation sites is 1. The van der Waals surface area contributed by atoms with E-state index < -0.39 is 0 Å². The molecule has 7 heteroatoms. The maximum absolute atomic E-state index is 12.7. The van der Waals surface area contributed by atoms with Crippen molar-refractivity contribution in [2.24, 2.45) is 0 Å². The van der Waals surface area contributed by atoms with E-state index in [2.05, 4.69) is 53.8 Å². The summed E-state index contributed by atoms with van der Waals surface area (Å²) in [6, 6.07) is 8.62. The Labute approximate surface area is 190 Å². The van der Waals surface area contributed by atoms with Gasteiger partial charge in [-0.3, -0.25) is 4.79 Å². The first-order valence-electron chi connectivity index (χ1n) is 11.4. The van der Waals surface area contributed by atoms with E-state index in [0.29, 0.717) is 12.0 Å². The van der Waals surface area contributed by atoms with Crippen LogP contribution < -0.4 is 10.1 Å². The minimum absolute atomic E-state index is 0.0758. The van der Waals surface area contributed by atoms with Gasteiger partial charge in [0.15, 0.2) is 17.1 Å². The van der Waals surface area contributed by atoms with Crippen LogP contribution >= 0.6 is 11.8 Å². The first-order chi connectivity index (χ1) is 14.8. The SMILES string of the molecule is CC(Sc1nnc(C(C)Oc2ccccc2C(C)C)n1C(C)C)C(=O)NC1CCCC1. The van der Waals surface area contributed by atoms with E-state index in [1.807, 2.05) is 32.0 Å². The molecule has 0 radical (unpaired) electrons. The molecule has 31 heavy (non-hydrogen) atoms. The fourth-order valence-corrected chi connectivity index (χ4v) is 5.04. The Kier molecular flexibility index (Phi) is 8.03. The summed E-state index contributed by atoms with van der Waals surface area (Å²) in [4.78, 5) is 12.7. The highest BCUT2D eigenvalue weighted by molar-refractivity contribution is 8.00. The van der Waals surface area contributed by atoms with E-state index in [0.717, 1.165) is 29.6 Å². The van der Waals surface area contributed by atoms with Crippen LogP contribution in [0.25, 0.3) is 0 Å². The van der Waals surface area contributed by atoms with Gasteiger partial charge in [0.05, 0.1) is 5.25 Å². The first kappa shape index (κ1) is 23.6. The summed E-state index contributed by atoms with van der Waals surface area (Å²) in [7, 11) is 0. The molecule has 6 nitrogen and oxygen atoms in total. The van der Waals surface area contributed by atoms with Gasteiger partial charge in [-0.25, -0.2) is 0 Å². The van der Waals surface area contributed by atoms with Crippen molar-refractivity contribution < 1.29 is 9.53 Å². The van der Waals surface area contributed by atoms with Gasteiger partial charge in [0.2, 0.25) is 5.91 Å². The van der Waals surface area contributed by atoms with Crippen molar-refractivity contribution in [3.63, 3.8) is 0 Å². The molecule has 170 valence electrons. The van der Waals surface area contributed by atoms with E-state index in [4.69, 9.17) is 4.74 Å². The van der Waals surface area contributed by atoms with Crippen LogP contribution in [0.2, 0.25) is 0 Å². The maximum Gasteiger partial charge on any atom is 0.233 e. The number of thioether (sulfide) groups is 1. The monoisotopic (exact) mass is 444 g/mol. The predicted octanol–water partition coefficient (Wildman–Crippen LogP) is 5.66. The molecule has 1 heterocycles. The van der Waals surface area contributed by atoms with Gasteiger partial charge in [0, 0.05) is 12.1 Å². The quantitative estimate of drug-likeness (QED) is 0.505. The summed E-state index contributed by atoms with van der Waals surface area (Å²) in [5.74, 6) is 2.10. The lowest BCUT2D eigenvalue weighted by Crippen LogP contribution is -2.37. The summed E-state index contributed by atoms with van der Waals surface area (Å²) in [6.45, 7) is 12.5. The number of hydrogen-bond acceptors (Lipinski definition) is 5. The number of rotatable bonds is 9. The van der Waals surface area contributed by atoms with Crippen LogP contribution in [0.15, 0.2) is 29.4 Å². The standard InChI is InChI=1S/C24H36N4O2S/c1-15(2)20-13-9-10-14-21(20)30-17(5)22-26-27-24(28(22)16(3)4)31-18(6)23(29)25-19-11-7-8-12-19/h9-10,13-19H,7-8,11-12H2,1-6H3,(H,25,29). The van der Waals surface area contributed by atoms with Gasteiger partial charge in [-0.05, 0) is 58.1 Å². The Morgan fingerprint density at radius 2 is 1.77 bits per heavy atom. The number of carbonyl (C=O) groups is 1. The van der Waals surface area contributed by atoms with Crippen LogP contribution in [0.3, 0.4) is 0 Å². The number of carbonyl (C=O) groups excluding carboxylic acids is 1. The van der Waals surface area contributed by atoms with Crippen molar-refractivity contribution in [3.05, 3.63) is 35.7 Å². The van der Waals surface area contributed by atoms with E-state index >= 15 is 0 Å². The molecule has 3 rings (SSSR count). The number of nitrogens with zero attached hydrogens (tertiary/aromatic N) is 3. The average Bonchev–Trinajstić information content (AvgIpc) is 3.38. The Hall–Kier alpha value is -2.02. The smallest absolute Gasteiger partial charge is 0.233 e. The molecule has 0 aliphatic heterocycles. The third-order valence-corrected chi connectivity index (χ3v) is 6.83. The molecule has 2 atom stereocenters. The summed E-state index contributed by atoms with van der Waals surface area (Å²) in [5, 5.41) is 12.6. The largest absolute Gasteiger partial charge is 0.482 e. The number of nitrogens with one attached hydrogen (secondary N) is 1. The number of amides is 1. The second-order valence-corrected chi connectivity index (χ2v) is 10.3. The van der Waals surface area contributed by atoms with Gasteiger partial charge in [0.1, 0.15) is 5.75 Å². The highest BCUT2D eigenvalue weighted by atomic mass is 32.2. The van der Waals surface area contributed by atoms with Gasteiger partial charge in [-0.1, -0.05) is 56.7 Å². The highest BCUT2D eigenvalue weighted by Gasteiger charge is 2.26. The second-order valence-electron chi connectivity index (χ2n) is 9.01. The fraction of sp³-hybridized carbons (Fsp3) is 0.625. The van der Waals surface area contributed by atoms with Crippen LogP contribution in [0.5, 0.6) is 5.75 Å². The molecule has 0 bridgehead atoms. The van der Waals surface area contributed by atoms with Crippen molar-refractivity contribution in [2.75, 3.05) is 0 Å². The summed E-state index contributed by atoms with van der Waals surface area (Å²) >= 11 is 1.46. The summed E-state index contributed by atoms with van der Waals surface area (Å²) in [5.41, 5.74) is 1.18. The molecule has 1 aromatic carbocycles. The molecule has 1 amide bonds. The van der Waals surface area contributed by atoms with Crippen molar-refractivity contribution in [2.45, 2.75) is 102 Å². The molecule has 2 aromatic rings. The van der Waals surface area contributed by atoms with Crippen molar-refractivity contribution in [3.8, 4) is 5.75 Å². The van der Waals surface area contributed by atoms with Crippen LogP contribution in [0.1, 0.15) is 96.7 Å². The molecule has 1 N–H and O–H groups in total. The van der Waals surface area contributed by atoms with Crippen LogP contribution in [-0.2, 0) is 4.79 Å². The number of benzene rings is 1. The summed E-state index contributed by atoms with van der Waals surface area (Å²) < 4.78 is 8.42. The Balaban J connectivity index is 1.74. The normalized spacial score (nSPS) is 16.6. The summed E-state index contributed by atoms with van der Waals surface area (Å²) in [6.07, 6.45) is 4.32. The molecule has 0 saturated heterocycles. The topological polar surface area (TPSA) is 69.0 Å². The molecular formula is C24H36N4O2S. The molecule has 1 aromatic heterocycles. The van der Waals surface area contributed by atoms with Crippen molar-refractivity contribution in [1.82, 2.24) is 20.1 Å². The van der Waals surface area contributed by atoms with Gasteiger partial charge in [-0.15, -0.1) is 10.2 Å². The Morgan fingerprint density at radius 3 is 2.42 bits per heavy atom. The zero-order valence-corrected chi connectivity index (χ0v) is 20.4. The molecule has 1 aliphatic rings. The van der Waals surface area contributed by atoms with Gasteiger partial charge in [0.25, 0.3) is 0 Å². The lowest BCUT2D eigenvalue weighted by atomic mass is 10.0. The van der Waals surface area contributed by atoms with Crippen LogP contribution in [0.4, 0.5) is 0 Å². The number of aromatic nitrogens is 3. The number of hydrogen-bond donors (Lipinski definition) is 1. The molecule has 2 unspecified atom stereocenters.